The van der Waals surface area contributed by atoms with Crippen molar-refractivity contribution in [1.82, 2.24) is 29.7 Å². The Morgan fingerprint density at radius 3 is 1.57 bits per heavy atom. The van der Waals surface area contributed by atoms with Gasteiger partial charge in [0.2, 0.25) is 0 Å². The lowest BCUT2D eigenvalue weighted by Crippen LogP contribution is -2.35. The third kappa shape index (κ3) is 8.26. The summed E-state index contributed by atoms with van der Waals surface area (Å²) in [4.78, 5) is 53.8. The van der Waals surface area contributed by atoms with Crippen LogP contribution in [0.3, 0.4) is 0 Å². The van der Waals surface area contributed by atoms with Gasteiger partial charge in [0.05, 0.1) is 24.9 Å². The first kappa shape index (κ1) is 40.4. The first-order valence-corrected chi connectivity index (χ1v) is 19.1. The largest absolute Gasteiger partial charge is 0.388 e. The quantitative estimate of drug-likeness (QED) is 0.119. The number of carbonyl (C=O) groups excluding carboxylic acids is 3. The summed E-state index contributed by atoms with van der Waals surface area (Å²) >= 11 is 0. The second-order valence-corrected chi connectivity index (χ2v) is 14.0. The number of ether oxygens (including phenoxy) is 2. The van der Waals surface area contributed by atoms with Crippen LogP contribution in [0.15, 0.2) is 83.3 Å². The number of benzene rings is 2. The molecule has 8 atom stereocenters. The van der Waals surface area contributed by atoms with Gasteiger partial charge in [0, 0.05) is 24.0 Å². The molecule has 0 aliphatic carbocycles. The number of nitrogens with one attached hydrogen (secondary N) is 4. The lowest BCUT2D eigenvalue weighted by molar-refractivity contribution is -0.120. The van der Waals surface area contributed by atoms with Crippen molar-refractivity contribution in [3.63, 3.8) is 0 Å². The van der Waals surface area contributed by atoms with Gasteiger partial charge in [-0.05, 0) is 37.1 Å². The maximum atomic E-state index is 12.5. The summed E-state index contributed by atoms with van der Waals surface area (Å²) in [6.07, 6.45) is -2.54. The van der Waals surface area contributed by atoms with Gasteiger partial charge in [-0.15, -0.1) is 0 Å². The zero-order chi connectivity index (χ0) is 40.9. The van der Waals surface area contributed by atoms with Gasteiger partial charge in [-0.25, -0.2) is 20.0 Å². The van der Waals surface area contributed by atoms with Crippen molar-refractivity contribution in [3.05, 3.63) is 95.8 Å². The second-order valence-electron chi connectivity index (χ2n) is 14.0. The number of anilines is 2. The molecule has 4 aliphatic heterocycles. The molecule has 306 valence electrons. The Morgan fingerprint density at radius 1 is 0.690 bits per heavy atom. The van der Waals surface area contributed by atoms with Crippen LogP contribution in [0, 0.1) is 0 Å². The average Bonchev–Trinajstić information content (AvgIpc) is 4.02. The third-order valence-electron chi connectivity index (χ3n) is 10.3. The Morgan fingerprint density at radius 2 is 1.14 bits per heavy atom. The molecule has 4 aromatic rings. The monoisotopic (exact) mass is 798 g/mol. The lowest BCUT2D eigenvalue weighted by atomic mass is 10.0. The van der Waals surface area contributed by atoms with Crippen LogP contribution in [0.2, 0.25) is 0 Å². The summed E-state index contributed by atoms with van der Waals surface area (Å²) in [6.45, 7) is 4.11. The Bertz CT molecular complexity index is 2160. The van der Waals surface area contributed by atoms with Crippen LogP contribution in [-0.4, -0.2) is 119 Å². The lowest BCUT2D eigenvalue weighted by Gasteiger charge is -2.22. The van der Waals surface area contributed by atoms with Gasteiger partial charge in [-0.3, -0.25) is 23.5 Å². The summed E-state index contributed by atoms with van der Waals surface area (Å²) in [7, 11) is 0. The second kappa shape index (κ2) is 17.8. The molecule has 2 amide bonds. The van der Waals surface area contributed by atoms with Crippen molar-refractivity contribution < 1.29 is 44.3 Å². The van der Waals surface area contributed by atoms with Crippen LogP contribution in [0.5, 0.6) is 0 Å². The summed E-state index contributed by atoms with van der Waals surface area (Å²) in [5, 5.41) is 53.1. The number of aliphatic hydroxyl groups excluding tert-OH is 4. The van der Waals surface area contributed by atoms with Crippen LogP contribution >= 0.6 is 0 Å². The first-order valence-electron chi connectivity index (χ1n) is 19.1. The minimum atomic E-state index is -1.19. The van der Waals surface area contributed by atoms with Gasteiger partial charge in [-0.2, -0.15) is 0 Å². The fourth-order valence-electron chi connectivity index (χ4n) is 7.05. The SMILES string of the molecule is CCC(=O)CC[C@H]1O[C@@H](n2cnc3c2NCN=C3NC(=O)c2ccccc2)[C@@H](O)C1O.CC[C@H]1O[C@@H](n2cnc3c2NCN=C3NC(=O)c2ccccc2)[C@@H](O)C1O. The van der Waals surface area contributed by atoms with E-state index < -0.39 is 49.1 Å². The minimum Gasteiger partial charge on any atom is -0.388 e. The molecular formula is C39H46N10O9. The van der Waals surface area contributed by atoms with E-state index in [1.807, 2.05) is 19.1 Å². The van der Waals surface area contributed by atoms with Gasteiger partial charge in [0.1, 0.15) is 66.6 Å². The molecule has 4 aliphatic rings. The molecule has 8 rings (SSSR count). The third-order valence-corrected chi connectivity index (χ3v) is 10.3. The van der Waals surface area contributed by atoms with Crippen LogP contribution in [0.4, 0.5) is 11.6 Å². The molecule has 8 N–H and O–H groups in total. The van der Waals surface area contributed by atoms with Crippen molar-refractivity contribution in [3.8, 4) is 0 Å². The summed E-state index contributed by atoms with van der Waals surface area (Å²) < 4.78 is 14.9. The molecule has 2 aromatic heterocycles. The van der Waals surface area contributed by atoms with E-state index in [0.717, 1.165) is 0 Å². The molecule has 0 radical (unpaired) electrons. The number of aliphatic imine (C=N–C) groups is 2. The predicted molar refractivity (Wildman–Crippen MR) is 209 cm³/mol. The van der Waals surface area contributed by atoms with Gasteiger partial charge < -0.3 is 51.2 Å². The Balaban J connectivity index is 0.000000178. The summed E-state index contributed by atoms with van der Waals surface area (Å²) in [6, 6.07) is 17.6. The molecule has 19 nitrogen and oxygen atoms in total. The number of amides is 2. The van der Waals surface area contributed by atoms with Crippen LogP contribution in [0.25, 0.3) is 0 Å². The zero-order valence-corrected chi connectivity index (χ0v) is 31.8. The molecule has 0 spiro atoms. The molecule has 2 unspecified atom stereocenters. The molecule has 6 heterocycles. The number of nitrogens with zero attached hydrogens (tertiary/aromatic N) is 6. The number of aliphatic hydroxyl groups is 4. The predicted octanol–water partition coefficient (Wildman–Crippen LogP) is 1.29. The highest BCUT2D eigenvalue weighted by Gasteiger charge is 2.45. The highest BCUT2D eigenvalue weighted by Crippen LogP contribution is 2.36. The molecular weight excluding hydrogens is 752 g/mol. The van der Waals surface area contributed by atoms with Crippen molar-refractivity contribution in [2.75, 3.05) is 24.0 Å². The van der Waals surface area contributed by atoms with E-state index in [4.69, 9.17) is 9.47 Å². The first-order chi connectivity index (χ1) is 28.1. The Hall–Kier alpha value is -5.83. The topological polar surface area (TPSA) is 259 Å². The number of aromatic nitrogens is 4. The molecule has 0 saturated carbocycles. The van der Waals surface area contributed by atoms with E-state index in [1.165, 1.54) is 12.7 Å². The van der Waals surface area contributed by atoms with Crippen LogP contribution in [-0.2, 0) is 14.3 Å². The number of rotatable bonds is 9. The number of carbonyl (C=O) groups is 3. The number of amidine groups is 2. The van der Waals surface area contributed by atoms with E-state index in [2.05, 4.69) is 41.2 Å². The number of ketones is 1. The molecule has 2 fully saturated rings. The number of hydrogen-bond acceptors (Lipinski definition) is 15. The van der Waals surface area contributed by atoms with E-state index in [9.17, 15) is 34.8 Å². The van der Waals surface area contributed by atoms with E-state index in [1.54, 1.807) is 64.6 Å². The Kier molecular flexibility index (Phi) is 12.4. The van der Waals surface area contributed by atoms with Crippen LogP contribution < -0.4 is 21.3 Å². The number of fused-ring (bicyclic) bond motifs is 2. The van der Waals surface area contributed by atoms with Gasteiger partial charge in [0.25, 0.3) is 11.8 Å². The number of Topliss-reactive ketones (excluding diaryl/α,β-unsaturated/α-hetero) is 1. The highest BCUT2D eigenvalue weighted by atomic mass is 16.6. The van der Waals surface area contributed by atoms with Crippen molar-refractivity contribution in [2.24, 2.45) is 9.98 Å². The average molecular weight is 799 g/mol. The molecule has 2 saturated heterocycles. The van der Waals surface area contributed by atoms with Crippen molar-refractivity contribution >= 4 is 40.9 Å². The summed E-state index contributed by atoms with van der Waals surface area (Å²) in [5.74, 6) is 1.22. The molecule has 19 heteroatoms. The fourth-order valence-corrected chi connectivity index (χ4v) is 7.05. The zero-order valence-electron chi connectivity index (χ0n) is 31.8. The maximum absolute atomic E-state index is 12.5. The molecule has 58 heavy (non-hydrogen) atoms. The minimum absolute atomic E-state index is 0.0745. The number of imidazole rings is 2. The van der Waals surface area contributed by atoms with Gasteiger partial charge >= 0.3 is 0 Å². The van der Waals surface area contributed by atoms with Gasteiger partial charge in [0.15, 0.2) is 24.1 Å². The standard InChI is InChI=1S/C21H25N5O5.C18H21N5O4/c1-2-13(27)8-9-14-16(28)17(29)21(31-14)26-11-24-15-18(22-10-23-19(15)26)25-20(30)12-6-4-3-5-7-12;1-2-11-13(24)14(25)18(27-11)23-9-21-12-15(19-8-20-16(12)23)22-17(26)10-6-4-3-5-7-10/h3-7,11,14,16-17,21,23,28-29H,2,8-10H2,1H3,(H,22,25,30);3-7,9,11,13-14,18,20,24-25H,2,8H2,1H3,(H,19,22,26)/t14-,16?,17+,21-;11-,13?,14+,18-/m11/s1. The molecule has 2 aromatic carbocycles. The Labute approximate surface area is 332 Å². The highest BCUT2D eigenvalue weighted by molar-refractivity contribution is 6.15. The fraction of sp³-hybridized carbons (Fsp3) is 0.410. The maximum Gasteiger partial charge on any atom is 0.256 e. The smallest absolute Gasteiger partial charge is 0.256 e. The van der Waals surface area contributed by atoms with E-state index in [-0.39, 0.29) is 37.4 Å². The van der Waals surface area contributed by atoms with Gasteiger partial charge in [-0.1, -0.05) is 50.2 Å². The van der Waals surface area contributed by atoms with Crippen molar-refractivity contribution in [1.29, 1.82) is 0 Å². The normalized spacial score (nSPS) is 25.8. The van der Waals surface area contributed by atoms with E-state index >= 15 is 0 Å². The van der Waals surface area contributed by atoms with Crippen LogP contribution in [0.1, 0.15) is 84.1 Å². The number of hydrogen-bond donors (Lipinski definition) is 8. The summed E-state index contributed by atoms with van der Waals surface area (Å²) in [5.41, 5.74) is 1.87. The molecule has 0 bridgehead atoms. The van der Waals surface area contributed by atoms with Crippen molar-refractivity contribution in [2.45, 2.75) is 88.6 Å². The van der Waals surface area contributed by atoms with E-state index in [0.29, 0.717) is 65.1 Å².